The highest BCUT2D eigenvalue weighted by Crippen LogP contribution is 2.55. The third-order valence-electron chi connectivity index (χ3n) is 3.35. The number of allylic oxidation sites excluding steroid dienone is 4. The van der Waals surface area contributed by atoms with Crippen LogP contribution >= 0.6 is 15.9 Å². The number of halogens is 2. The van der Waals surface area contributed by atoms with Crippen LogP contribution in [0.15, 0.2) is 24.3 Å². The van der Waals surface area contributed by atoms with Crippen LogP contribution in [0.3, 0.4) is 0 Å². The van der Waals surface area contributed by atoms with E-state index >= 15 is 0 Å². The van der Waals surface area contributed by atoms with E-state index < -0.39 is 11.6 Å². The smallest absolute Gasteiger partial charge is 0.146 e. The lowest BCUT2D eigenvalue weighted by molar-refractivity contribution is -0.129. The molecule has 0 spiro atoms. The van der Waals surface area contributed by atoms with Crippen molar-refractivity contribution in [3.8, 4) is 0 Å². The third kappa shape index (κ3) is 1.61. The normalized spacial score (nSPS) is 43.0. The van der Waals surface area contributed by atoms with Gasteiger partial charge in [-0.2, -0.15) is 0 Å². The largest absolute Gasteiger partial charge is 0.299 e. The molecule has 82 valence electrons. The third-order valence-corrected chi connectivity index (χ3v) is 4.36. The zero-order valence-corrected chi connectivity index (χ0v) is 10.2. The summed E-state index contributed by atoms with van der Waals surface area (Å²) in [5.41, 5.74) is -0.891. The summed E-state index contributed by atoms with van der Waals surface area (Å²) in [7, 11) is 0. The van der Waals surface area contributed by atoms with Gasteiger partial charge in [0.05, 0.1) is 5.41 Å². The molecule has 4 atom stereocenters. The van der Waals surface area contributed by atoms with Crippen LogP contribution in [-0.4, -0.2) is 16.8 Å². The topological polar surface area (TPSA) is 17.1 Å². The van der Waals surface area contributed by atoms with Crippen LogP contribution in [-0.2, 0) is 4.79 Å². The van der Waals surface area contributed by atoms with Crippen LogP contribution in [0.2, 0.25) is 0 Å². The predicted octanol–water partition coefficient (Wildman–Crippen LogP) is 3.20. The molecule has 0 aromatic rings. The van der Waals surface area contributed by atoms with Gasteiger partial charge in [0.2, 0.25) is 0 Å². The Morgan fingerprint density at radius 1 is 1.60 bits per heavy atom. The van der Waals surface area contributed by atoms with Crippen molar-refractivity contribution in [2.75, 3.05) is 0 Å². The van der Waals surface area contributed by atoms with Crippen molar-refractivity contribution >= 4 is 21.7 Å². The SMILES string of the molecule is CCC(=O)C1(C2CC2Br)C=CC=CC1F. The molecule has 2 aliphatic carbocycles. The van der Waals surface area contributed by atoms with Gasteiger partial charge in [-0.3, -0.25) is 4.79 Å². The molecule has 0 radical (unpaired) electrons. The first-order chi connectivity index (χ1) is 7.13. The molecule has 1 fully saturated rings. The summed E-state index contributed by atoms with van der Waals surface area (Å²) < 4.78 is 14.0. The summed E-state index contributed by atoms with van der Waals surface area (Å²) in [5, 5.41) is 0. The molecule has 2 aliphatic rings. The van der Waals surface area contributed by atoms with E-state index in [2.05, 4.69) is 15.9 Å². The monoisotopic (exact) mass is 272 g/mol. The van der Waals surface area contributed by atoms with Crippen LogP contribution in [0.25, 0.3) is 0 Å². The highest BCUT2D eigenvalue weighted by atomic mass is 79.9. The number of rotatable bonds is 3. The minimum atomic E-state index is -1.16. The molecule has 4 unspecified atom stereocenters. The summed E-state index contributed by atoms with van der Waals surface area (Å²) >= 11 is 3.47. The van der Waals surface area contributed by atoms with Gasteiger partial charge in [-0.1, -0.05) is 41.1 Å². The Balaban J connectivity index is 2.35. The Bertz CT molecular complexity index is 337. The fourth-order valence-corrected chi connectivity index (χ4v) is 3.21. The Kier molecular flexibility index (Phi) is 2.84. The number of ketones is 1. The van der Waals surface area contributed by atoms with Crippen molar-refractivity contribution in [1.29, 1.82) is 0 Å². The molecule has 0 amide bonds. The summed E-state index contributed by atoms with van der Waals surface area (Å²) in [6.07, 6.45) is 6.85. The van der Waals surface area contributed by atoms with Crippen molar-refractivity contribution < 1.29 is 9.18 Å². The fraction of sp³-hybridized carbons (Fsp3) is 0.583. The first kappa shape index (κ1) is 11.1. The summed E-state index contributed by atoms with van der Waals surface area (Å²) in [5.74, 6) is 0.142. The molecule has 0 N–H and O–H groups in total. The molecule has 15 heavy (non-hydrogen) atoms. The van der Waals surface area contributed by atoms with Crippen molar-refractivity contribution in [1.82, 2.24) is 0 Å². The van der Waals surface area contributed by atoms with Crippen molar-refractivity contribution in [3.05, 3.63) is 24.3 Å². The van der Waals surface area contributed by atoms with Gasteiger partial charge in [-0.25, -0.2) is 4.39 Å². The number of hydrogen-bond donors (Lipinski definition) is 0. The minimum Gasteiger partial charge on any atom is -0.299 e. The van der Waals surface area contributed by atoms with Crippen LogP contribution < -0.4 is 0 Å². The molecule has 2 rings (SSSR count). The predicted molar refractivity (Wildman–Crippen MR) is 61.7 cm³/mol. The van der Waals surface area contributed by atoms with Crippen LogP contribution in [0.1, 0.15) is 19.8 Å². The van der Waals surface area contributed by atoms with E-state index in [1.165, 1.54) is 6.08 Å². The van der Waals surface area contributed by atoms with E-state index in [0.717, 1.165) is 6.42 Å². The number of hydrogen-bond acceptors (Lipinski definition) is 1. The summed E-state index contributed by atoms with van der Waals surface area (Å²) in [4.78, 5) is 12.3. The zero-order valence-electron chi connectivity index (χ0n) is 8.62. The maximum absolute atomic E-state index is 14.0. The second kappa shape index (κ2) is 3.85. The molecule has 1 nitrogen and oxygen atoms in total. The fourth-order valence-electron chi connectivity index (χ4n) is 2.37. The quantitative estimate of drug-likeness (QED) is 0.722. The molecule has 1 saturated carbocycles. The minimum absolute atomic E-state index is 0.0163. The second-order valence-electron chi connectivity index (χ2n) is 4.21. The van der Waals surface area contributed by atoms with Gasteiger partial charge >= 0.3 is 0 Å². The first-order valence-corrected chi connectivity index (χ1v) is 6.22. The van der Waals surface area contributed by atoms with Gasteiger partial charge in [-0.15, -0.1) is 0 Å². The zero-order chi connectivity index (χ0) is 11.1. The first-order valence-electron chi connectivity index (χ1n) is 5.30. The Labute approximate surface area is 97.6 Å². The number of Topliss-reactive ketones (excluding diaryl/α,β-unsaturated/α-hetero) is 1. The lowest BCUT2D eigenvalue weighted by Gasteiger charge is -2.33. The molecule has 3 heteroatoms. The van der Waals surface area contributed by atoms with Gasteiger partial charge in [0.15, 0.2) is 0 Å². The summed E-state index contributed by atoms with van der Waals surface area (Å²) in [6, 6.07) is 0. The Morgan fingerprint density at radius 3 is 2.73 bits per heavy atom. The summed E-state index contributed by atoms with van der Waals surface area (Å²) in [6.45, 7) is 1.80. The van der Waals surface area contributed by atoms with Gasteiger partial charge in [-0.05, 0) is 18.4 Å². The van der Waals surface area contributed by atoms with Gasteiger partial charge in [0.1, 0.15) is 12.0 Å². The van der Waals surface area contributed by atoms with E-state index in [9.17, 15) is 9.18 Å². The second-order valence-corrected chi connectivity index (χ2v) is 5.39. The van der Waals surface area contributed by atoms with Crippen LogP contribution in [0.5, 0.6) is 0 Å². The van der Waals surface area contributed by atoms with E-state index in [4.69, 9.17) is 0 Å². The van der Waals surface area contributed by atoms with Gasteiger partial charge in [0, 0.05) is 11.2 Å². The highest BCUT2D eigenvalue weighted by Gasteiger charge is 2.58. The number of carbonyl (C=O) groups is 1. The molecular weight excluding hydrogens is 259 g/mol. The van der Waals surface area contributed by atoms with Gasteiger partial charge < -0.3 is 0 Å². The maximum Gasteiger partial charge on any atom is 0.146 e. The van der Waals surface area contributed by atoms with Gasteiger partial charge in [0.25, 0.3) is 0 Å². The van der Waals surface area contributed by atoms with E-state index in [0.29, 0.717) is 11.2 Å². The molecule has 0 saturated heterocycles. The lowest BCUT2D eigenvalue weighted by atomic mass is 9.71. The van der Waals surface area contributed by atoms with E-state index in [-0.39, 0.29) is 11.7 Å². The molecule has 0 aliphatic heterocycles. The average molecular weight is 273 g/mol. The molecule has 0 aromatic carbocycles. The van der Waals surface area contributed by atoms with Crippen molar-refractivity contribution in [3.63, 3.8) is 0 Å². The Hall–Kier alpha value is -0.440. The molecule has 0 heterocycles. The van der Waals surface area contributed by atoms with E-state index in [1.807, 2.05) is 0 Å². The number of alkyl halides is 2. The number of carbonyl (C=O) groups excluding carboxylic acids is 1. The average Bonchev–Trinajstić information content (AvgIpc) is 2.96. The van der Waals surface area contributed by atoms with Crippen molar-refractivity contribution in [2.45, 2.75) is 30.8 Å². The van der Waals surface area contributed by atoms with Crippen LogP contribution in [0.4, 0.5) is 4.39 Å². The molecule has 0 aromatic heterocycles. The van der Waals surface area contributed by atoms with Crippen molar-refractivity contribution in [2.24, 2.45) is 11.3 Å². The van der Waals surface area contributed by atoms with E-state index in [1.54, 1.807) is 25.2 Å². The Morgan fingerprint density at radius 2 is 2.27 bits per heavy atom. The molecule has 0 bridgehead atoms. The van der Waals surface area contributed by atoms with Crippen LogP contribution in [0, 0.1) is 11.3 Å². The standard InChI is InChI=1S/C12H14BrFO/c1-2-11(15)12(8-7-9(8)13)6-4-3-5-10(12)14/h3-6,8-10H,2,7H2,1H3. The lowest BCUT2D eigenvalue weighted by Crippen LogP contribution is -2.41. The highest BCUT2D eigenvalue weighted by molar-refractivity contribution is 9.09. The maximum atomic E-state index is 14.0. The molecular formula is C12H14BrFO.